The summed E-state index contributed by atoms with van der Waals surface area (Å²) in [5.41, 5.74) is -0.917. The van der Waals surface area contributed by atoms with Crippen LogP contribution in [0.15, 0.2) is 0 Å². The Morgan fingerprint density at radius 3 is 0.750 bits per heavy atom. The first-order chi connectivity index (χ1) is 10.7. The summed E-state index contributed by atoms with van der Waals surface area (Å²) >= 11 is 0.300. The van der Waals surface area contributed by atoms with Crippen LogP contribution in [0, 0.1) is 11.8 Å². The van der Waals surface area contributed by atoms with Gasteiger partial charge in [-0.25, -0.2) is 0 Å². The Labute approximate surface area is 169 Å². The quantitative estimate of drug-likeness (QED) is 0.524. The van der Waals surface area contributed by atoms with Crippen molar-refractivity contribution in [3.63, 3.8) is 0 Å². The van der Waals surface area contributed by atoms with Gasteiger partial charge in [0.25, 0.3) is 0 Å². The van der Waals surface area contributed by atoms with Gasteiger partial charge in [0.1, 0.15) is 0 Å². The predicted molar refractivity (Wildman–Crippen MR) is 104 cm³/mol. The van der Waals surface area contributed by atoms with Crippen molar-refractivity contribution in [2.75, 3.05) is 0 Å². The van der Waals surface area contributed by atoms with Gasteiger partial charge in [-0.1, -0.05) is 27.7 Å². The second kappa shape index (κ2) is 23.6. The zero-order valence-corrected chi connectivity index (χ0v) is 21.1. The molecular weight excluding hydrogens is 379 g/mol. The van der Waals surface area contributed by atoms with Crippen LogP contribution in [0.1, 0.15) is 109 Å². The fourth-order valence-corrected chi connectivity index (χ4v) is 0. The van der Waals surface area contributed by atoms with Gasteiger partial charge >= 0.3 is 27.5 Å². The first-order valence-electron chi connectivity index (χ1n) is 8.89. The fraction of sp³-hybridized carbons (Fsp3) is 0.900. The Kier molecular flexibility index (Phi) is 35.1. The number of hydrogen-bond acceptors (Lipinski definition) is 3. The molecule has 0 radical (unpaired) electrons. The van der Waals surface area contributed by atoms with E-state index in [1.807, 2.05) is 13.8 Å². The van der Waals surface area contributed by atoms with Gasteiger partial charge in [0.05, 0.1) is 11.2 Å². The Hall–Kier alpha value is 0.603. The molecule has 0 unspecified atom stereocenters. The normalized spacial score (nSPS) is 10.2. The predicted octanol–water partition coefficient (Wildman–Crippen LogP) is 6.23. The molecule has 0 bridgehead atoms. The minimum atomic E-state index is -0.458. The van der Waals surface area contributed by atoms with Crippen molar-refractivity contribution in [2.24, 2.45) is 0 Å². The molecule has 0 saturated heterocycles. The molecule has 0 aromatic rings. The molecule has 3 nitrogen and oxygen atoms in total. The van der Waals surface area contributed by atoms with E-state index >= 15 is 0 Å². The van der Waals surface area contributed by atoms with Crippen molar-refractivity contribution in [1.29, 1.82) is 0 Å². The Balaban J connectivity index is -0.0000000647. The van der Waals surface area contributed by atoms with Crippen LogP contribution >= 0.6 is 0 Å². The van der Waals surface area contributed by atoms with E-state index in [0.29, 0.717) is 24.7 Å². The molecular formula is C20H46O3Zr. The van der Waals surface area contributed by atoms with Crippen molar-refractivity contribution >= 4 is 0 Å². The van der Waals surface area contributed by atoms with Crippen LogP contribution in [0.5, 0.6) is 0 Å². The summed E-state index contributed by atoms with van der Waals surface area (Å²) in [4.78, 5) is 0. The van der Waals surface area contributed by atoms with Gasteiger partial charge in [-0.2, -0.15) is 40.5 Å². The molecule has 2 N–H and O–H groups in total. The molecule has 0 aliphatic heterocycles. The molecule has 0 aliphatic carbocycles. The van der Waals surface area contributed by atoms with E-state index in [4.69, 9.17) is 13.0 Å². The van der Waals surface area contributed by atoms with Crippen molar-refractivity contribution in [2.45, 2.75) is 120 Å². The Morgan fingerprint density at radius 1 is 0.667 bits per heavy atom. The standard InChI is InChI=1S/2C5H12O.2C5H11.O.Zr/c2*1-4-5(2,3)6;2*1-4-5(2)3;;/h2*6H,4H2,1-3H3;2*4H2,1-3H3;;/q;;2*-1;;+2. The molecule has 0 saturated carbocycles. The van der Waals surface area contributed by atoms with Crippen molar-refractivity contribution < 1.29 is 37.7 Å². The summed E-state index contributed by atoms with van der Waals surface area (Å²) in [7, 11) is 0. The third kappa shape index (κ3) is 93.8. The van der Waals surface area contributed by atoms with Crippen LogP contribution in [-0.2, 0) is 27.5 Å². The summed E-state index contributed by atoms with van der Waals surface area (Å²) in [6, 6.07) is 0. The van der Waals surface area contributed by atoms with E-state index in [9.17, 15) is 0 Å². The summed E-state index contributed by atoms with van der Waals surface area (Å²) in [6.45, 7) is 24.0. The van der Waals surface area contributed by atoms with Gasteiger partial charge in [-0.05, 0) is 40.5 Å². The van der Waals surface area contributed by atoms with E-state index in [0.717, 1.165) is 12.8 Å². The monoisotopic (exact) mass is 424 g/mol. The molecule has 0 aliphatic rings. The van der Waals surface area contributed by atoms with Crippen molar-refractivity contribution in [3.8, 4) is 0 Å². The summed E-state index contributed by atoms with van der Waals surface area (Å²) < 4.78 is 8.34. The first kappa shape index (κ1) is 35.7. The van der Waals surface area contributed by atoms with Crippen LogP contribution in [-0.4, -0.2) is 21.4 Å². The molecule has 148 valence electrons. The third-order valence-corrected chi connectivity index (χ3v) is 3.14. The van der Waals surface area contributed by atoms with E-state index in [-0.39, 0.29) is 0 Å². The van der Waals surface area contributed by atoms with E-state index in [1.54, 1.807) is 27.7 Å². The molecule has 0 aromatic carbocycles. The number of aliphatic hydroxyl groups is 2. The average Bonchev–Trinajstić information content (AvgIpc) is 2.49. The molecule has 0 rings (SSSR count). The molecule has 0 atom stereocenters. The van der Waals surface area contributed by atoms with Gasteiger partial charge in [0.2, 0.25) is 0 Å². The van der Waals surface area contributed by atoms with Gasteiger partial charge in [-0.3, -0.25) is 0 Å². The topological polar surface area (TPSA) is 57.5 Å². The number of hydrogen-bond donors (Lipinski definition) is 2. The molecule has 0 amide bonds. The first-order valence-corrected chi connectivity index (χ1v) is 9.90. The maximum absolute atomic E-state index is 8.83. The van der Waals surface area contributed by atoms with Gasteiger partial charge in [0.15, 0.2) is 0 Å². The van der Waals surface area contributed by atoms with Crippen LogP contribution in [0.25, 0.3) is 0 Å². The van der Waals surface area contributed by atoms with Gasteiger partial charge < -0.3 is 22.0 Å². The second-order valence-corrected chi connectivity index (χ2v) is 7.45. The van der Waals surface area contributed by atoms with Crippen molar-refractivity contribution in [1.82, 2.24) is 0 Å². The SMILES string of the molecule is CCC(C)(C)O.CCC(C)(C)O.CC[C-](C)C.CC[C-](C)C.[O]=[Zr+2]. The molecule has 0 aromatic heterocycles. The average molecular weight is 426 g/mol. The molecule has 4 heteroatoms. The summed E-state index contributed by atoms with van der Waals surface area (Å²) in [5, 5.41) is 17.7. The van der Waals surface area contributed by atoms with Crippen molar-refractivity contribution in [3.05, 3.63) is 11.8 Å². The van der Waals surface area contributed by atoms with Crippen LogP contribution in [0.2, 0.25) is 0 Å². The van der Waals surface area contributed by atoms with Gasteiger partial charge in [-0.15, -0.1) is 0 Å². The van der Waals surface area contributed by atoms with Crippen LogP contribution in [0.4, 0.5) is 0 Å². The van der Waals surface area contributed by atoms with Crippen LogP contribution < -0.4 is 0 Å². The molecule has 0 spiro atoms. The Morgan fingerprint density at radius 2 is 0.750 bits per heavy atom. The zero-order valence-electron chi connectivity index (χ0n) is 18.6. The summed E-state index contributed by atoms with van der Waals surface area (Å²) in [6.07, 6.45) is 4.10. The second-order valence-electron chi connectivity index (χ2n) is 7.45. The molecule has 0 fully saturated rings. The van der Waals surface area contributed by atoms with E-state index < -0.39 is 11.2 Å². The maximum atomic E-state index is 8.83. The third-order valence-electron chi connectivity index (χ3n) is 3.14. The minimum absolute atomic E-state index is 0.300. The zero-order chi connectivity index (χ0) is 21.0. The van der Waals surface area contributed by atoms with E-state index in [1.165, 1.54) is 24.7 Å². The van der Waals surface area contributed by atoms with E-state index in [2.05, 4.69) is 41.5 Å². The van der Waals surface area contributed by atoms with Gasteiger partial charge in [0, 0.05) is 0 Å². The molecule has 0 heterocycles. The fourth-order valence-electron chi connectivity index (χ4n) is 0. The molecule has 24 heavy (non-hydrogen) atoms. The Bertz CT molecular complexity index is 182. The summed E-state index contributed by atoms with van der Waals surface area (Å²) in [5.74, 6) is 3.01. The van der Waals surface area contributed by atoms with Crippen LogP contribution in [0.3, 0.4) is 0 Å². The number of rotatable bonds is 4.